The Kier molecular flexibility index (Phi) is 5.55. The van der Waals surface area contributed by atoms with E-state index in [0.717, 1.165) is 6.42 Å². The van der Waals surface area contributed by atoms with E-state index in [9.17, 15) is 0 Å². The van der Waals surface area contributed by atoms with Gasteiger partial charge in [-0.2, -0.15) is 23.3 Å². The van der Waals surface area contributed by atoms with E-state index in [1.54, 1.807) is 0 Å². The summed E-state index contributed by atoms with van der Waals surface area (Å²) in [6.45, 7) is 4.32. The molecule has 99 valence electrons. The van der Waals surface area contributed by atoms with Crippen LogP contribution < -0.4 is 0 Å². The molecule has 1 aliphatic carbocycles. The number of hydrogen-bond acceptors (Lipinski definition) is 0. The Hall–Kier alpha value is 0.193. The van der Waals surface area contributed by atoms with Crippen molar-refractivity contribution < 1.29 is 18.2 Å². The van der Waals surface area contributed by atoms with Gasteiger partial charge in [0.2, 0.25) is 0 Å². The molecule has 0 heterocycles. The molecular formula is C15H13Cl3Zr-. The van der Waals surface area contributed by atoms with Crippen LogP contribution in [0.4, 0.5) is 0 Å². The van der Waals surface area contributed by atoms with Crippen molar-refractivity contribution in [2.24, 2.45) is 0 Å². The number of halogens is 3. The molecule has 1 aliphatic rings. The third kappa shape index (κ3) is 3.85. The first-order valence-electron chi connectivity index (χ1n) is 5.93. The first-order valence-corrected chi connectivity index (χ1v) is 15.4. The summed E-state index contributed by atoms with van der Waals surface area (Å²) in [6, 6.07) is 14.4. The quantitative estimate of drug-likeness (QED) is 0.429. The predicted molar refractivity (Wildman–Crippen MR) is 80.6 cm³/mol. The monoisotopic (exact) mass is 388 g/mol. The standard InChI is InChI=1S/C15H13.3ClH.Zr/c1-10-7-11(2)15-13(8-10)9-12-5-3-4-6-14(12)15;;;;/h3-7H,9H2,1-2H3;3*1H;/q-1;;;;+3/p-3. The van der Waals surface area contributed by atoms with Gasteiger partial charge < -0.3 is 0 Å². The zero-order chi connectivity index (χ0) is 14.0. The fourth-order valence-electron chi connectivity index (χ4n) is 2.59. The van der Waals surface area contributed by atoms with Crippen LogP contribution in [-0.2, 0) is 24.6 Å². The van der Waals surface area contributed by atoms with Crippen LogP contribution in [0.15, 0.2) is 30.3 Å². The van der Waals surface area contributed by atoms with Gasteiger partial charge in [0.15, 0.2) is 0 Å². The van der Waals surface area contributed by atoms with Crippen LogP contribution in [0.3, 0.4) is 0 Å². The molecule has 2 aromatic carbocycles. The maximum atomic E-state index is 5.00. The molecule has 2 aromatic rings. The van der Waals surface area contributed by atoms with Crippen molar-refractivity contribution in [3.8, 4) is 11.1 Å². The Morgan fingerprint density at radius 3 is 2.42 bits per heavy atom. The minimum atomic E-state index is -2.13. The van der Waals surface area contributed by atoms with Gasteiger partial charge in [-0.3, -0.25) is 0 Å². The van der Waals surface area contributed by atoms with Crippen LogP contribution in [0.2, 0.25) is 0 Å². The molecule has 4 heteroatoms. The molecule has 0 amide bonds. The summed E-state index contributed by atoms with van der Waals surface area (Å²) < 4.78 is 0. The Morgan fingerprint density at radius 1 is 1.11 bits per heavy atom. The van der Waals surface area contributed by atoms with Crippen LogP contribution in [0.1, 0.15) is 22.3 Å². The Morgan fingerprint density at radius 2 is 1.74 bits per heavy atom. The molecule has 0 fully saturated rings. The maximum absolute atomic E-state index is 5.00. The molecule has 0 bridgehead atoms. The summed E-state index contributed by atoms with van der Waals surface area (Å²) in [5, 5.41) is 0. The average Bonchev–Trinajstić information content (AvgIpc) is 2.65. The van der Waals surface area contributed by atoms with Crippen molar-refractivity contribution in [3.63, 3.8) is 0 Å². The Balaban J connectivity index is 0.000000297. The van der Waals surface area contributed by atoms with Crippen molar-refractivity contribution in [2.45, 2.75) is 20.3 Å². The summed E-state index contributed by atoms with van der Waals surface area (Å²) >= 11 is -2.13. The second-order valence-corrected chi connectivity index (χ2v) is 15.7. The van der Waals surface area contributed by atoms with E-state index < -0.39 is 18.2 Å². The Labute approximate surface area is 133 Å². The third-order valence-corrected chi connectivity index (χ3v) is 3.13. The van der Waals surface area contributed by atoms with E-state index in [2.05, 4.69) is 50.2 Å². The first kappa shape index (κ1) is 15.6. The second-order valence-electron chi connectivity index (χ2n) is 4.54. The van der Waals surface area contributed by atoms with Gasteiger partial charge in [0, 0.05) is 0 Å². The number of hydrogen-bond donors (Lipinski definition) is 0. The SMILES string of the molecule is Cc1[c-]c2c(c(C)c1)-c1ccccc1C2.[Cl][Zr]([Cl])[Cl]. The van der Waals surface area contributed by atoms with E-state index in [-0.39, 0.29) is 0 Å². The fourth-order valence-corrected chi connectivity index (χ4v) is 2.59. The van der Waals surface area contributed by atoms with E-state index in [0.29, 0.717) is 0 Å². The summed E-state index contributed by atoms with van der Waals surface area (Å²) in [6.07, 6.45) is 1.05. The van der Waals surface area contributed by atoms with Crippen molar-refractivity contribution in [3.05, 3.63) is 58.7 Å². The zero-order valence-electron chi connectivity index (χ0n) is 10.7. The normalized spacial score (nSPS) is 11.2. The van der Waals surface area contributed by atoms with Gasteiger partial charge in [0.1, 0.15) is 0 Å². The summed E-state index contributed by atoms with van der Waals surface area (Å²) in [4.78, 5) is 0. The Bertz CT molecular complexity index is 591. The van der Waals surface area contributed by atoms with Crippen LogP contribution in [0.5, 0.6) is 0 Å². The van der Waals surface area contributed by atoms with E-state index in [1.807, 2.05) is 0 Å². The van der Waals surface area contributed by atoms with Crippen molar-refractivity contribution >= 4 is 25.5 Å². The molecule has 19 heavy (non-hydrogen) atoms. The molecular weight excluding hydrogens is 378 g/mol. The van der Waals surface area contributed by atoms with Gasteiger partial charge in [-0.1, -0.05) is 49.2 Å². The van der Waals surface area contributed by atoms with Crippen molar-refractivity contribution in [2.75, 3.05) is 0 Å². The molecule has 0 nitrogen and oxygen atoms in total. The van der Waals surface area contributed by atoms with Crippen molar-refractivity contribution in [1.29, 1.82) is 0 Å². The molecule has 0 saturated carbocycles. The van der Waals surface area contributed by atoms with Crippen LogP contribution >= 0.6 is 25.5 Å². The number of benzene rings is 2. The zero-order valence-corrected chi connectivity index (χ0v) is 15.5. The molecule has 0 spiro atoms. The molecule has 0 aliphatic heterocycles. The van der Waals surface area contributed by atoms with Gasteiger partial charge in [-0.25, -0.2) is 0 Å². The summed E-state index contributed by atoms with van der Waals surface area (Å²) in [7, 11) is 15.0. The molecule has 0 atom stereocenters. The number of rotatable bonds is 0. The molecule has 0 saturated heterocycles. The topological polar surface area (TPSA) is 0 Å². The summed E-state index contributed by atoms with van der Waals surface area (Å²) in [5.41, 5.74) is 8.26. The van der Waals surface area contributed by atoms with Gasteiger partial charge >= 0.3 is 43.7 Å². The number of aryl methyl sites for hydroxylation is 2. The van der Waals surface area contributed by atoms with Gasteiger partial charge in [-0.05, 0) is 6.42 Å². The molecule has 0 N–H and O–H groups in total. The number of fused-ring (bicyclic) bond motifs is 3. The predicted octanol–water partition coefficient (Wildman–Crippen LogP) is 5.74. The van der Waals surface area contributed by atoms with Gasteiger partial charge in [-0.15, -0.1) is 11.1 Å². The fraction of sp³-hybridized carbons (Fsp3) is 0.200. The van der Waals surface area contributed by atoms with E-state index >= 15 is 0 Å². The van der Waals surface area contributed by atoms with Crippen LogP contribution in [0, 0.1) is 19.9 Å². The second kappa shape index (κ2) is 6.77. The molecule has 0 unspecified atom stereocenters. The molecule has 3 rings (SSSR count). The molecule has 0 aromatic heterocycles. The first-order chi connectivity index (χ1) is 8.99. The summed E-state index contributed by atoms with van der Waals surface area (Å²) in [5.74, 6) is 0. The van der Waals surface area contributed by atoms with Gasteiger partial charge in [0.05, 0.1) is 0 Å². The molecule has 0 radical (unpaired) electrons. The van der Waals surface area contributed by atoms with Crippen molar-refractivity contribution in [1.82, 2.24) is 0 Å². The third-order valence-electron chi connectivity index (χ3n) is 3.13. The van der Waals surface area contributed by atoms with Crippen LogP contribution in [0.25, 0.3) is 11.1 Å². The van der Waals surface area contributed by atoms with E-state index in [4.69, 9.17) is 25.5 Å². The van der Waals surface area contributed by atoms with Crippen LogP contribution in [-0.4, -0.2) is 0 Å². The van der Waals surface area contributed by atoms with Gasteiger partial charge in [0.25, 0.3) is 0 Å². The van der Waals surface area contributed by atoms with E-state index in [1.165, 1.54) is 33.4 Å². The minimum absolute atomic E-state index is 1.05. The average molecular weight is 391 g/mol.